The van der Waals surface area contributed by atoms with Gasteiger partial charge in [-0.1, -0.05) is 48.5 Å². The van der Waals surface area contributed by atoms with Gasteiger partial charge in [0.05, 0.1) is 0 Å². The Morgan fingerprint density at radius 3 is 2.19 bits per heavy atom. The van der Waals surface area contributed by atoms with Crippen molar-refractivity contribution in [1.29, 1.82) is 0 Å². The lowest BCUT2D eigenvalue weighted by molar-refractivity contribution is -0.131. The van der Waals surface area contributed by atoms with Gasteiger partial charge in [0.1, 0.15) is 11.5 Å². The van der Waals surface area contributed by atoms with E-state index in [4.69, 9.17) is 4.42 Å². The van der Waals surface area contributed by atoms with Crippen LogP contribution in [0.4, 0.5) is 5.69 Å². The second-order valence-corrected chi connectivity index (χ2v) is 6.84. The lowest BCUT2D eigenvalue weighted by atomic mass is 10.2. The summed E-state index contributed by atoms with van der Waals surface area (Å²) in [6, 6.07) is 24.4. The van der Waals surface area contributed by atoms with Crippen molar-refractivity contribution in [3.63, 3.8) is 0 Å². The molecule has 0 aliphatic carbocycles. The molecule has 27 heavy (non-hydrogen) atoms. The topological polar surface area (TPSA) is 36.7 Å². The minimum Gasteiger partial charge on any atom is -0.461 e. The molecule has 0 radical (unpaired) electrons. The lowest BCUT2D eigenvalue weighted by Gasteiger charge is -2.36. The smallest absolute Gasteiger partial charge is 0.223 e. The van der Waals surface area contributed by atoms with Crippen LogP contribution in [0.25, 0.3) is 11.3 Å². The summed E-state index contributed by atoms with van der Waals surface area (Å²) >= 11 is 0. The molecule has 1 amide bonds. The van der Waals surface area contributed by atoms with Crippen LogP contribution in [-0.4, -0.2) is 37.0 Å². The molecule has 0 saturated carbocycles. The molecule has 138 valence electrons. The number of aryl methyl sites for hydroxylation is 1. The van der Waals surface area contributed by atoms with Gasteiger partial charge in [0.15, 0.2) is 0 Å². The first-order valence-electron chi connectivity index (χ1n) is 9.51. The number of para-hydroxylation sites is 1. The van der Waals surface area contributed by atoms with Crippen molar-refractivity contribution in [2.45, 2.75) is 12.8 Å². The standard InChI is InChI=1S/C23H24N2O2/c26-23(25-17-15-24(16-18-25)20-9-5-2-6-10-20)14-12-21-11-13-22(27-21)19-7-3-1-4-8-19/h1-11,13H,12,14-18H2. The third kappa shape index (κ3) is 4.22. The minimum atomic E-state index is 0.209. The quantitative estimate of drug-likeness (QED) is 0.683. The fourth-order valence-electron chi connectivity index (χ4n) is 3.51. The van der Waals surface area contributed by atoms with Crippen molar-refractivity contribution in [3.05, 3.63) is 78.6 Å². The number of carbonyl (C=O) groups excluding carboxylic acids is 1. The van der Waals surface area contributed by atoms with Gasteiger partial charge < -0.3 is 14.2 Å². The van der Waals surface area contributed by atoms with Crippen LogP contribution < -0.4 is 4.90 Å². The number of amides is 1. The molecule has 4 nitrogen and oxygen atoms in total. The summed E-state index contributed by atoms with van der Waals surface area (Å²) in [7, 11) is 0. The first-order chi connectivity index (χ1) is 13.3. The molecule has 2 aromatic carbocycles. The molecule has 1 saturated heterocycles. The van der Waals surface area contributed by atoms with E-state index >= 15 is 0 Å². The molecule has 0 bridgehead atoms. The summed E-state index contributed by atoms with van der Waals surface area (Å²) in [6.45, 7) is 3.33. The largest absolute Gasteiger partial charge is 0.461 e. The van der Waals surface area contributed by atoms with Gasteiger partial charge in [0, 0.05) is 50.3 Å². The molecule has 0 spiro atoms. The van der Waals surface area contributed by atoms with E-state index in [0.29, 0.717) is 12.8 Å². The fraction of sp³-hybridized carbons (Fsp3) is 0.261. The predicted octanol–water partition coefficient (Wildman–Crippen LogP) is 4.23. The number of furan rings is 1. The Labute approximate surface area is 160 Å². The van der Waals surface area contributed by atoms with E-state index in [9.17, 15) is 4.79 Å². The Bertz CT molecular complexity index is 866. The number of hydrogen-bond donors (Lipinski definition) is 0. The summed E-state index contributed by atoms with van der Waals surface area (Å²) in [5.74, 6) is 1.93. The first-order valence-corrected chi connectivity index (χ1v) is 9.51. The number of piperazine rings is 1. The average Bonchev–Trinajstić information content (AvgIpc) is 3.22. The molecule has 1 fully saturated rings. The molecule has 1 aliphatic rings. The monoisotopic (exact) mass is 360 g/mol. The van der Waals surface area contributed by atoms with E-state index in [0.717, 1.165) is 43.3 Å². The van der Waals surface area contributed by atoms with E-state index in [1.165, 1.54) is 5.69 Å². The van der Waals surface area contributed by atoms with Crippen LogP contribution >= 0.6 is 0 Å². The zero-order chi connectivity index (χ0) is 18.5. The molecule has 4 heteroatoms. The highest BCUT2D eigenvalue weighted by Crippen LogP contribution is 2.23. The SMILES string of the molecule is O=C(CCc1ccc(-c2ccccc2)o1)N1CCN(c2ccccc2)CC1. The molecule has 1 aromatic heterocycles. The third-order valence-electron chi connectivity index (χ3n) is 5.06. The van der Waals surface area contributed by atoms with Crippen molar-refractivity contribution < 1.29 is 9.21 Å². The highest BCUT2D eigenvalue weighted by molar-refractivity contribution is 5.76. The van der Waals surface area contributed by atoms with Crippen molar-refractivity contribution in [3.8, 4) is 11.3 Å². The van der Waals surface area contributed by atoms with Gasteiger partial charge >= 0.3 is 0 Å². The third-order valence-corrected chi connectivity index (χ3v) is 5.06. The van der Waals surface area contributed by atoms with Gasteiger partial charge in [-0.3, -0.25) is 4.79 Å². The van der Waals surface area contributed by atoms with E-state index in [2.05, 4.69) is 29.2 Å². The maximum absolute atomic E-state index is 12.6. The predicted molar refractivity (Wildman–Crippen MR) is 108 cm³/mol. The molecule has 0 atom stereocenters. The number of hydrogen-bond acceptors (Lipinski definition) is 3. The van der Waals surface area contributed by atoms with Gasteiger partial charge in [0.25, 0.3) is 0 Å². The maximum Gasteiger partial charge on any atom is 0.223 e. The molecular weight excluding hydrogens is 336 g/mol. The molecular formula is C23H24N2O2. The Morgan fingerprint density at radius 2 is 1.48 bits per heavy atom. The zero-order valence-corrected chi connectivity index (χ0v) is 15.4. The molecule has 2 heterocycles. The van der Waals surface area contributed by atoms with Crippen LogP contribution in [0.5, 0.6) is 0 Å². The lowest BCUT2D eigenvalue weighted by Crippen LogP contribution is -2.48. The van der Waals surface area contributed by atoms with Crippen LogP contribution in [0.3, 0.4) is 0 Å². The number of carbonyl (C=O) groups is 1. The first kappa shape index (κ1) is 17.4. The number of rotatable bonds is 5. The number of benzene rings is 2. The van der Waals surface area contributed by atoms with E-state index in [1.807, 2.05) is 53.4 Å². The van der Waals surface area contributed by atoms with Crippen molar-refractivity contribution in [2.24, 2.45) is 0 Å². The Balaban J connectivity index is 1.27. The second-order valence-electron chi connectivity index (χ2n) is 6.84. The number of anilines is 1. The van der Waals surface area contributed by atoms with Gasteiger partial charge in [-0.15, -0.1) is 0 Å². The zero-order valence-electron chi connectivity index (χ0n) is 15.4. The van der Waals surface area contributed by atoms with Gasteiger partial charge in [-0.2, -0.15) is 0 Å². The van der Waals surface area contributed by atoms with Crippen LogP contribution in [0.2, 0.25) is 0 Å². The fourth-order valence-corrected chi connectivity index (χ4v) is 3.51. The maximum atomic E-state index is 12.6. The summed E-state index contributed by atoms with van der Waals surface area (Å²) in [5, 5.41) is 0. The van der Waals surface area contributed by atoms with Crippen molar-refractivity contribution in [2.75, 3.05) is 31.1 Å². The van der Waals surface area contributed by atoms with Crippen LogP contribution in [-0.2, 0) is 11.2 Å². The van der Waals surface area contributed by atoms with Gasteiger partial charge in [0.2, 0.25) is 5.91 Å². The van der Waals surface area contributed by atoms with Crippen LogP contribution in [0.1, 0.15) is 12.2 Å². The van der Waals surface area contributed by atoms with E-state index < -0.39 is 0 Å². The summed E-state index contributed by atoms with van der Waals surface area (Å²) in [5.41, 5.74) is 2.29. The van der Waals surface area contributed by atoms with Crippen LogP contribution in [0.15, 0.2) is 77.2 Å². The average molecular weight is 360 g/mol. The minimum absolute atomic E-state index is 0.209. The molecule has 4 rings (SSSR count). The van der Waals surface area contributed by atoms with Crippen LogP contribution in [0, 0.1) is 0 Å². The van der Waals surface area contributed by atoms with Crippen molar-refractivity contribution >= 4 is 11.6 Å². The summed E-state index contributed by atoms with van der Waals surface area (Å²) in [4.78, 5) is 16.9. The highest BCUT2D eigenvalue weighted by Gasteiger charge is 2.21. The normalized spacial score (nSPS) is 14.4. The highest BCUT2D eigenvalue weighted by atomic mass is 16.3. The van der Waals surface area contributed by atoms with Gasteiger partial charge in [-0.05, 0) is 24.3 Å². The summed E-state index contributed by atoms with van der Waals surface area (Å²) < 4.78 is 5.90. The molecule has 1 aliphatic heterocycles. The molecule has 0 N–H and O–H groups in total. The van der Waals surface area contributed by atoms with Crippen molar-refractivity contribution in [1.82, 2.24) is 4.90 Å². The Hall–Kier alpha value is -3.01. The molecule has 0 unspecified atom stereocenters. The Morgan fingerprint density at radius 1 is 0.815 bits per heavy atom. The Kier molecular flexibility index (Phi) is 5.24. The van der Waals surface area contributed by atoms with Gasteiger partial charge in [-0.25, -0.2) is 0 Å². The van der Waals surface area contributed by atoms with E-state index in [1.54, 1.807) is 0 Å². The van der Waals surface area contributed by atoms with E-state index in [-0.39, 0.29) is 5.91 Å². The summed E-state index contributed by atoms with van der Waals surface area (Å²) in [6.07, 6.45) is 1.14. The molecule has 3 aromatic rings. The second kappa shape index (κ2) is 8.12. The number of nitrogens with zero attached hydrogens (tertiary/aromatic N) is 2.